The Kier molecular flexibility index (Phi) is 5.27. The van der Waals surface area contributed by atoms with Gasteiger partial charge in [-0.1, -0.05) is 29.8 Å². The Morgan fingerprint density at radius 3 is 2.55 bits per heavy atom. The van der Waals surface area contributed by atoms with Crippen molar-refractivity contribution in [2.24, 2.45) is 0 Å². The Morgan fingerprint density at radius 2 is 1.95 bits per heavy atom. The van der Waals surface area contributed by atoms with Gasteiger partial charge in [0.1, 0.15) is 0 Å². The quantitative estimate of drug-likeness (QED) is 0.906. The molecule has 0 aliphatic carbocycles. The van der Waals surface area contributed by atoms with E-state index in [1.807, 2.05) is 42.8 Å². The van der Waals surface area contributed by atoms with Gasteiger partial charge in [0.15, 0.2) is 0 Å². The minimum absolute atomic E-state index is 0.108. The Morgan fingerprint density at radius 1 is 1.32 bits per heavy atom. The molecule has 0 spiro atoms. The van der Waals surface area contributed by atoms with Crippen LogP contribution in [0, 0.1) is 13.8 Å². The van der Waals surface area contributed by atoms with E-state index < -0.39 is 0 Å². The van der Waals surface area contributed by atoms with Crippen LogP contribution in [0.15, 0.2) is 35.9 Å². The molecule has 116 valence electrons. The van der Waals surface area contributed by atoms with Gasteiger partial charge in [-0.25, -0.2) is 4.68 Å². The van der Waals surface area contributed by atoms with Crippen LogP contribution in [0.1, 0.15) is 17.0 Å². The Hall–Kier alpha value is -1.78. The molecule has 1 N–H and O–H groups in total. The number of nitrogens with one attached hydrogen (secondary N) is 1. The molecule has 0 bridgehead atoms. The molecule has 2 aromatic rings. The number of nitrogens with zero attached hydrogens (tertiary/aromatic N) is 2. The molecular formula is C16H17Cl2N3O. The van der Waals surface area contributed by atoms with Gasteiger partial charge in [0.2, 0.25) is 5.91 Å². The maximum atomic E-state index is 11.9. The van der Waals surface area contributed by atoms with Crippen LogP contribution in [0.3, 0.4) is 0 Å². The average molecular weight is 338 g/mol. The van der Waals surface area contributed by atoms with Crippen molar-refractivity contribution in [2.45, 2.75) is 20.3 Å². The fraction of sp³-hybridized carbons (Fsp3) is 0.250. The van der Waals surface area contributed by atoms with E-state index >= 15 is 0 Å². The first kappa shape index (κ1) is 16.6. The van der Waals surface area contributed by atoms with Crippen LogP contribution in [-0.4, -0.2) is 22.2 Å². The first-order valence-corrected chi connectivity index (χ1v) is 7.55. The van der Waals surface area contributed by atoms with Crippen molar-refractivity contribution < 1.29 is 4.79 Å². The summed E-state index contributed by atoms with van der Waals surface area (Å²) < 4.78 is 1.81. The van der Waals surface area contributed by atoms with Gasteiger partial charge in [-0.2, -0.15) is 5.10 Å². The molecule has 2 rings (SSSR count). The maximum Gasteiger partial charge on any atom is 0.224 e. The number of rotatable bonds is 5. The van der Waals surface area contributed by atoms with Crippen molar-refractivity contribution in [1.29, 1.82) is 0 Å². The van der Waals surface area contributed by atoms with Gasteiger partial charge in [0.25, 0.3) is 0 Å². The molecule has 1 amide bonds. The largest absolute Gasteiger partial charge is 0.351 e. The highest BCUT2D eigenvalue weighted by molar-refractivity contribution is 6.30. The molecule has 0 saturated carbocycles. The molecule has 0 unspecified atom stereocenters. The summed E-state index contributed by atoms with van der Waals surface area (Å²) >= 11 is 11.6. The second-order valence-corrected chi connectivity index (χ2v) is 5.98. The molecule has 0 aliphatic heterocycles. The van der Waals surface area contributed by atoms with Crippen LogP contribution in [0.25, 0.3) is 5.69 Å². The van der Waals surface area contributed by atoms with Crippen LogP contribution in [0.2, 0.25) is 5.02 Å². The number of carbonyl (C=O) groups excluding carboxylic acids is 1. The Balaban J connectivity index is 2.22. The molecule has 6 heteroatoms. The number of hydrogen-bond donors (Lipinski definition) is 1. The van der Waals surface area contributed by atoms with E-state index in [0.29, 0.717) is 10.1 Å². The zero-order valence-corrected chi connectivity index (χ0v) is 14.0. The van der Waals surface area contributed by atoms with E-state index in [0.717, 1.165) is 22.6 Å². The van der Waals surface area contributed by atoms with Crippen LogP contribution in [0.5, 0.6) is 0 Å². The molecule has 0 atom stereocenters. The monoisotopic (exact) mass is 337 g/mol. The average Bonchev–Trinajstić information content (AvgIpc) is 2.74. The predicted molar refractivity (Wildman–Crippen MR) is 89.8 cm³/mol. The molecule has 0 saturated heterocycles. The number of aromatic nitrogens is 2. The maximum absolute atomic E-state index is 11.9. The minimum atomic E-state index is -0.108. The molecular weight excluding hydrogens is 321 g/mol. The number of amides is 1. The molecule has 0 fully saturated rings. The van der Waals surface area contributed by atoms with Crippen LogP contribution >= 0.6 is 23.2 Å². The molecule has 22 heavy (non-hydrogen) atoms. The Bertz CT molecular complexity index is 705. The van der Waals surface area contributed by atoms with Gasteiger partial charge in [-0.3, -0.25) is 4.79 Å². The van der Waals surface area contributed by atoms with Gasteiger partial charge in [-0.15, -0.1) is 0 Å². The lowest BCUT2D eigenvalue weighted by atomic mass is 10.1. The van der Waals surface area contributed by atoms with Crippen LogP contribution in [0.4, 0.5) is 0 Å². The molecule has 1 aromatic heterocycles. The van der Waals surface area contributed by atoms with E-state index in [2.05, 4.69) is 17.0 Å². The molecule has 1 aromatic carbocycles. The van der Waals surface area contributed by atoms with Crippen molar-refractivity contribution in [3.05, 3.63) is 57.9 Å². The van der Waals surface area contributed by atoms with Crippen molar-refractivity contribution >= 4 is 29.1 Å². The highest BCUT2D eigenvalue weighted by Crippen LogP contribution is 2.20. The third-order valence-electron chi connectivity index (χ3n) is 3.33. The fourth-order valence-corrected chi connectivity index (χ4v) is 2.37. The molecule has 1 heterocycles. The van der Waals surface area contributed by atoms with Gasteiger partial charge < -0.3 is 5.32 Å². The van der Waals surface area contributed by atoms with Crippen molar-refractivity contribution in [2.75, 3.05) is 6.54 Å². The molecule has 4 nitrogen and oxygen atoms in total. The first-order chi connectivity index (χ1) is 10.4. The van der Waals surface area contributed by atoms with Crippen LogP contribution in [-0.2, 0) is 11.2 Å². The fourth-order valence-electron chi connectivity index (χ4n) is 2.18. The number of hydrogen-bond acceptors (Lipinski definition) is 2. The third kappa shape index (κ3) is 3.90. The minimum Gasteiger partial charge on any atom is -0.351 e. The normalized spacial score (nSPS) is 10.5. The predicted octanol–water partition coefficient (Wildman–Crippen LogP) is 3.55. The topological polar surface area (TPSA) is 46.9 Å². The van der Waals surface area contributed by atoms with E-state index in [-0.39, 0.29) is 18.9 Å². The van der Waals surface area contributed by atoms with Crippen LogP contribution < -0.4 is 5.32 Å². The number of carbonyl (C=O) groups is 1. The summed E-state index contributed by atoms with van der Waals surface area (Å²) in [5, 5.41) is 8.30. The van der Waals surface area contributed by atoms with E-state index in [1.165, 1.54) is 0 Å². The highest BCUT2D eigenvalue weighted by Gasteiger charge is 2.15. The summed E-state index contributed by atoms with van der Waals surface area (Å²) in [6.45, 7) is 7.64. The number of benzene rings is 1. The van der Waals surface area contributed by atoms with Crippen molar-refractivity contribution in [1.82, 2.24) is 15.1 Å². The van der Waals surface area contributed by atoms with Gasteiger partial charge >= 0.3 is 0 Å². The Labute approximate surface area is 139 Å². The third-order valence-corrected chi connectivity index (χ3v) is 3.71. The summed E-state index contributed by atoms with van der Waals surface area (Å²) in [5.74, 6) is -0.108. The SMILES string of the molecule is C=C(Cl)CNC(=O)Cc1c(C)nn(-c2ccc(Cl)cc2)c1C. The zero-order chi connectivity index (χ0) is 16.3. The van der Waals surface area contributed by atoms with Crippen molar-refractivity contribution in [3.63, 3.8) is 0 Å². The number of halogens is 2. The second kappa shape index (κ2) is 6.99. The van der Waals surface area contributed by atoms with E-state index in [1.54, 1.807) is 0 Å². The standard InChI is InChI=1S/C16H17Cl2N3O/c1-10(17)9-19-16(22)8-15-11(2)20-21(12(15)3)14-6-4-13(18)5-7-14/h4-7H,1,8-9H2,2-3H3,(H,19,22). The van der Waals surface area contributed by atoms with E-state index in [9.17, 15) is 4.79 Å². The lowest BCUT2D eigenvalue weighted by molar-refractivity contribution is -0.120. The van der Waals surface area contributed by atoms with Gasteiger partial charge in [0.05, 0.1) is 24.3 Å². The number of aryl methyl sites for hydroxylation is 1. The first-order valence-electron chi connectivity index (χ1n) is 6.79. The summed E-state index contributed by atoms with van der Waals surface area (Å²) in [6.07, 6.45) is 0.259. The lowest BCUT2D eigenvalue weighted by Gasteiger charge is -2.06. The van der Waals surface area contributed by atoms with Gasteiger partial charge in [0, 0.05) is 21.3 Å². The second-order valence-electron chi connectivity index (χ2n) is 5.01. The summed E-state index contributed by atoms with van der Waals surface area (Å²) in [5.41, 5.74) is 3.57. The highest BCUT2D eigenvalue weighted by atomic mass is 35.5. The lowest BCUT2D eigenvalue weighted by Crippen LogP contribution is -2.26. The van der Waals surface area contributed by atoms with E-state index in [4.69, 9.17) is 23.2 Å². The summed E-state index contributed by atoms with van der Waals surface area (Å²) in [7, 11) is 0. The van der Waals surface area contributed by atoms with Gasteiger partial charge in [-0.05, 0) is 38.1 Å². The summed E-state index contributed by atoms with van der Waals surface area (Å²) in [6, 6.07) is 7.41. The smallest absolute Gasteiger partial charge is 0.224 e. The molecule has 0 radical (unpaired) electrons. The van der Waals surface area contributed by atoms with Crippen molar-refractivity contribution in [3.8, 4) is 5.69 Å². The molecule has 0 aliphatic rings. The zero-order valence-electron chi connectivity index (χ0n) is 12.5. The summed E-state index contributed by atoms with van der Waals surface area (Å²) in [4.78, 5) is 11.9.